The van der Waals surface area contributed by atoms with Gasteiger partial charge in [-0.3, -0.25) is 4.79 Å². The Hall–Kier alpha value is -0.610. The van der Waals surface area contributed by atoms with Crippen molar-refractivity contribution < 1.29 is 14.6 Å². The Balaban J connectivity index is 2.41. The molecular formula is C7H13NO3. The van der Waals surface area contributed by atoms with E-state index in [0.717, 1.165) is 0 Å². The SMILES string of the molecule is CCOC(=O)C1(N)CC(O)C1. The van der Waals surface area contributed by atoms with Gasteiger partial charge in [-0.25, -0.2) is 0 Å². The molecule has 0 heterocycles. The maximum absolute atomic E-state index is 11.0. The summed E-state index contributed by atoms with van der Waals surface area (Å²) in [5.74, 6) is -0.398. The molecule has 1 saturated carbocycles. The van der Waals surface area contributed by atoms with Gasteiger partial charge in [0, 0.05) is 12.8 Å². The first-order valence-electron chi connectivity index (χ1n) is 3.72. The number of hydrogen-bond donors (Lipinski definition) is 2. The van der Waals surface area contributed by atoms with Crippen molar-refractivity contribution in [1.29, 1.82) is 0 Å². The Morgan fingerprint density at radius 3 is 2.73 bits per heavy atom. The molecule has 0 aromatic carbocycles. The molecule has 0 aromatic rings. The first-order valence-corrected chi connectivity index (χ1v) is 3.72. The van der Waals surface area contributed by atoms with Gasteiger partial charge in [-0.2, -0.15) is 0 Å². The molecule has 0 atom stereocenters. The summed E-state index contributed by atoms with van der Waals surface area (Å²) in [5, 5.41) is 8.91. The molecule has 0 spiro atoms. The van der Waals surface area contributed by atoms with Gasteiger partial charge in [0.15, 0.2) is 0 Å². The topological polar surface area (TPSA) is 72.5 Å². The number of esters is 1. The Morgan fingerprint density at radius 1 is 1.82 bits per heavy atom. The first kappa shape index (κ1) is 8.49. The lowest BCUT2D eigenvalue weighted by atomic mass is 9.75. The van der Waals surface area contributed by atoms with E-state index >= 15 is 0 Å². The highest BCUT2D eigenvalue weighted by atomic mass is 16.5. The third kappa shape index (κ3) is 1.52. The molecule has 4 heteroatoms. The number of carbonyl (C=O) groups is 1. The van der Waals surface area contributed by atoms with E-state index < -0.39 is 17.6 Å². The van der Waals surface area contributed by atoms with Gasteiger partial charge in [0.05, 0.1) is 12.7 Å². The van der Waals surface area contributed by atoms with Crippen LogP contribution in [0.4, 0.5) is 0 Å². The summed E-state index contributed by atoms with van der Waals surface area (Å²) in [6.07, 6.45) is 0.224. The molecule has 0 unspecified atom stereocenters. The van der Waals surface area contributed by atoms with Gasteiger partial charge in [0.1, 0.15) is 5.54 Å². The van der Waals surface area contributed by atoms with E-state index in [0.29, 0.717) is 19.4 Å². The lowest BCUT2D eigenvalue weighted by Crippen LogP contribution is -2.60. The Kier molecular flexibility index (Phi) is 2.15. The molecule has 0 aromatic heterocycles. The number of ether oxygens (including phenoxy) is 1. The predicted molar refractivity (Wildman–Crippen MR) is 38.8 cm³/mol. The largest absolute Gasteiger partial charge is 0.465 e. The summed E-state index contributed by atoms with van der Waals surface area (Å²) in [7, 11) is 0. The second kappa shape index (κ2) is 2.79. The van der Waals surface area contributed by atoms with E-state index in [1.165, 1.54) is 0 Å². The molecule has 0 bridgehead atoms. The second-order valence-corrected chi connectivity index (χ2v) is 2.94. The predicted octanol–water partition coefficient (Wildman–Crippen LogP) is -0.598. The molecule has 0 amide bonds. The highest BCUT2D eigenvalue weighted by Crippen LogP contribution is 2.30. The van der Waals surface area contributed by atoms with E-state index in [2.05, 4.69) is 0 Å². The lowest BCUT2D eigenvalue weighted by molar-refractivity contribution is -0.158. The maximum atomic E-state index is 11.0. The van der Waals surface area contributed by atoms with Crippen LogP contribution >= 0.6 is 0 Å². The normalized spacial score (nSPS) is 36.1. The summed E-state index contributed by atoms with van der Waals surface area (Å²) in [6, 6.07) is 0. The van der Waals surface area contributed by atoms with Crippen molar-refractivity contribution in [1.82, 2.24) is 0 Å². The van der Waals surface area contributed by atoms with E-state index in [1.54, 1.807) is 6.92 Å². The van der Waals surface area contributed by atoms with Crippen molar-refractivity contribution in [2.24, 2.45) is 5.73 Å². The molecule has 1 aliphatic carbocycles. The molecule has 4 nitrogen and oxygen atoms in total. The average molecular weight is 159 g/mol. The molecule has 0 saturated heterocycles. The van der Waals surface area contributed by atoms with Crippen LogP contribution in [0.2, 0.25) is 0 Å². The molecule has 11 heavy (non-hydrogen) atoms. The van der Waals surface area contributed by atoms with E-state index in [9.17, 15) is 4.79 Å². The van der Waals surface area contributed by atoms with Crippen LogP contribution in [-0.4, -0.2) is 29.3 Å². The molecule has 0 aliphatic heterocycles. The fourth-order valence-electron chi connectivity index (χ4n) is 1.22. The zero-order valence-corrected chi connectivity index (χ0v) is 6.54. The van der Waals surface area contributed by atoms with E-state index in [4.69, 9.17) is 15.6 Å². The minimum absolute atomic E-state index is 0.325. The summed E-state index contributed by atoms with van der Waals surface area (Å²) in [5.41, 5.74) is 4.68. The third-order valence-electron chi connectivity index (χ3n) is 1.88. The van der Waals surface area contributed by atoms with Crippen molar-refractivity contribution in [3.05, 3.63) is 0 Å². The zero-order valence-electron chi connectivity index (χ0n) is 6.54. The highest BCUT2D eigenvalue weighted by Gasteiger charge is 2.47. The fourth-order valence-corrected chi connectivity index (χ4v) is 1.22. The molecule has 0 radical (unpaired) electrons. The molecule has 1 aliphatic rings. The summed E-state index contributed by atoms with van der Waals surface area (Å²) in [4.78, 5) is 11.0. The molecule has 64 valence electrons. The van der Waals surface area contributed by atoms with E-state index in [-0.39, 0.29) is 0 Å². The Labute approximate surface area is 65.3 Å². The summed E-state index contributed by atoms with van der Waals surface area (Å²) >= 11 is 0. The minimum Gasteiger partial charge on any atom is -0.465 e. The van der Waals surface area contributed by atoms with Crippen molar-refractivity contribution in [2.45, 2.75) is 31.4 Å². The number of aliphatic hydroxyl groups excluding tert-OH is 1. The highest BCUT2D eigenvalue weighted by molar-refractivity contribution is 5.82. The number of aliphatic hydroxyl groups is 1. The van der Waals surface area contributed by atoms with Gasteiger partial charge in [0.2, 0.25) is 0 Å². The van der Waals surface area contributed by atoms with Gasteiger partial charge in [-0.15, -0.1) is 0 Å². The maximum Gasteiger partial charge on any atom is 0.326 e. The number of hydrogen-bond acceptors (Lipinski definition) is 4. The van der Waals surface area contributed by atoms with Crippen LogP contribution < -0.4 is 5.73 Å². The van der Waals surface area contributed by atoms with Crippen molar-refractivity contribution in [3.8, 4) is 0 Å². The van der Waals surface area contributed by atoms with Crippen molar-refractivity contribution in [2.75, 3.05) is 6.61 Å². The molecule has 1 fully saturated rings. The van der Waals surface area contributed by atoms with Crippen LogP contribution in [0.15, 0.2) is 0 Å². The van der Waals surface area contributed by atoms with Crippen molar-refractivity contribution >= 4 is 5.97 Å². The number of carbonyl (C=O) groups excluding carboxylic acids is 1. The Bertz CT molecular complexity index is 163. The van der Waals surface area contributed by atoms with Crippen LogP contribution in [0.1, 0.15) is 19.8 Å². The zero-order chi connectivity index (χ0) is 8.48. The Morgan fingerprint density at radius 2 is 2.36 bits per heavy atom. The first-order chi connectivity index (χ1) is 5.08. The van der Waals surface area contributed by atoms with Gasteiger partial charge >= 0.3 is 5.97 Å². The molecule has 3 N–H and O–H groups in total. The van der Waals surface area contributed by atoms with Gasteiger partial charge in [-0.05, 0) is 6.92 Å². The standard InChI is InChI=1S/C7H13NO3/c1-2-11-6(10)7(8)3-5(9)4-7/h5,9H,2-4,8H2,1H3. The quantitative estimate of drug-likeness (QED) is 0.528. The summed E-state index contributed by atoms with van der Waals surface area (Å²) in [6.45, 7) is 2.07. The van der Waals surface area contributed by atoms with Gasteiger partial charge in [-0.1, -0.05) is 0 Å². The van der Waals surface area contributed by atoms with E-state index in [1.807, 2.05) is 0 Å². The monoisotopic (exact) mass is 159 g/mol. The van der Waals surface area contributed by atoms with Crippen LogP contribution in [0.25, 0.3) is 0 Å². The third-order valence-corrected chi connectivity index (χ3v) is 1.88. The van der Waals surface area contributed by atoms with Crippen LogP contribution in [0, 0.1) is 0 Å². The molecule has 1 rings (SSSR count). The van der Waals surface area contributed by atoms with Crippen LogP contribution in [0.3, 0.4) is 0 Å². The lowest BCUT2D eigenvalue weighted by Gasteiger charge is -2.39. The number of nitrogens with two attached hydrogens (primary N) is 1. The van der Waals surface area contributed by atoms with Gasteiger partial charge < -0.3 is 15.6 Å². The average Bonchev–Trinajstić information content (AvgIpc) is 1.85. The van der Waals surface area contributed by atoms with Crippen LogP contribution in [0.5, 0.6) is 0 Å². The number of rotatable bonds is 2. The summed E-state index contributed by atoms with van der Waals surface area (Å²) < 4.78 is 4.72. The fraction of sp³-hybridized carbons (Fsp3) is 0.857. The van der Waals surface area contributed by atoms with Crippen LogP contribution in [-0.2, 0) is 9.53 Å². The minimum atomic E-state index is -0.907. The second-order valence-electron chi connectivity index (χ2n) is 2.94. The van der Waals surface area contributed by atoms with Gasteiger partial charge in [0.25, 0.3) is 0 Å². The smallest absolute Gasteiger partial charge is 0.326 e. The van der Waals surface area contributed by atoms with Crippen molar-refractivity contribution in [3.63, 3.8) is 0 Å². The molecular weight excluding hydrogens is 146 g/mol.